The highest BCUT2D eigenvalue weighted by Gasteiger charge is 2.46. The fourth-order valence-corrected chi connectivity index (χ4v) is 2.66. The average Bonchev–Trinajstić information content (AvgIpc) is 3.03. The predicted octanol–water partition coefficient (Wildman–Crippen LogP) is 0.877. The molecule has 2 aliphatic rings. The molecule has 1 saturated carbocycles. The van der Waals surface area contributed by atoms with Crippen LogP contribution in [0.3, 0.4) is 0 Å². The SMILES string of the molecule is CC1(O)CCCN(C(=O)C(C)(N)C2CC2)CC1. The first-order chi connectivity index (χ1) is 7.83. The van der Waals surface area contributed by atoms with Gasteiger partial charge in [0.2, 0.25) is 5.91 Å². The number of hydrogen-bond donors (Lipinski definition) is 2. The van der Waals surface area contributed by atoms with Crippen LogP contribution in [0.1, 0.15) is 46.0 Å². The molecule has 1 heterocycles. The van der Waals surface area contributed by atoms with Gasteiger partial charge in [0, 0.05) is 13.1 Å². The summed E-state index contributed by atoms with van der Waals surface area (Å²) < 4.78 is 0. The van der Waals surface area contributed by atoms with E-state index in [9.17, 15) is 9.90 Å². The summed E-state index contributed by atoms with van der Waals surface area (Å²) in [6, 6.07) is 0. The summed E-state index contributed by atoms with van der Waals surface area (Å²) in [6.45, 7) is 5.07. The second-order valence-corrected chi connectivity index (χ2v) is 6.20. The fourth-order valence-electron chi connectivity index (χ4n) is 2.66. The monoisotopic (exact) mass is 240 g/mol. The van der Waals surface area contributed by atoms with E-state index in [4.69, 9.17) is 5.73 Å². The molecule has 17 heavy (non-hydrogen) atoms. The molecule has 1 aliphatic carbocycles. The third-order valence-corrected chi connectivity index (χ3v) is 4.24. The molecule has 1 saturated heterocycles. The van der Waals surface area contributed by atoms with Crippen LogP contribution in [0.2, 0.25) is 0 Å². The molecule has 3 N–H and O–H groups in total. The number of carbonyl (C=O) groups is 1. The average molecular weight is 240 g/mol. The predicted molar refractivity (Wildman–Crippen MR) is 66.4 cm³/mol. The summed E-state index contributed by atoms with van der Waals surface area (Å²) in [5, 5.41) is 10.0. The van der Waals surface area contributed by atoms with E-state index in [-0.39, 0.29) is 5.91 Å². The van der Waals surface area contributed by atoms with Gasteiger partial charge >= 0.3 is 0 Å². The highest BCUT2D eigenvalue weighted by molar-refractivity contribution is 5.86. The van der Waals surface area contributed by atoms with Crippen LogP contribution in [0.4, 0.5) is 0 Å². The van der Waals surface area contributed by atoms with E-state index in [0.717, 1.165) is 32.2 Å². The first-order valence-corrected chi connectivity index (χ1v) is 6.63. The Labute approximate surface area is 103 Å². The molecular formula is C13H24N2O2. The van der Waals surface area contributed by atoms with Crippen molar-refractivity contribution in [3.05, 3.63) is 0 Å². The molecule has 98 valence electrons. The van der Waals surface area contributed by atoms with Crippen LogP contribution in [-0.4, -0.2) is 40.1 Å². The second kappa shape index (κ2) is 4.25. The van der Waals surface area contributed by atoms with Gasteiger partial charge in [0.05, 0.1) is 11.1 Å². The summed E-state index contributed by atoms with van der Waals surface area (Å²) in [5.41, 5.74) is 4.84. The number of carbonyl (C=O) groups excluding carboxylic acids is 1. The summed E-state index contributed by atoms with van der Waals surface area (Å²) in [5.74, 6) is 0.427. The fraction of sp³-hybridized carbons (Fsp3) is 0.923. The van der Waals surface area contributed by atoms with E-state index < -0.39 is 11.1 Å². The highest BCUT2D eigenvalue weighted by Crippen LogP contribution is 2.39. The summed E-state index contributed by atoms with van der Waals surface area (Å²) in [6.07, 6.45) is 4.43. The lowest BCUT2D eigenvalue weighted by molar-refractivity contribution is -0.137. The molecule has 0 radical (unpaired) electrons. The lowest BCUT2D eigenvalue weighted by atomic mass is 9.95. The van der Waals surface area contributed by atoms with E-state index in [2.05, 4.69) is 0 Å². The van der Waals surface area contributed by atoms with Crippen molar-refractivity contribution in [2.24, 2.45) is 11.7 Å². The second-order valence-electron chi connectivity index (χ2n) is 6.20. The van der Waals surface area contributed by atoms with Crippen molar-refractivity contribution >= 4 is 5.91 Å². The smallest absolute Gasteiger partial charge is 0.242 e. The minimum absolute atomic E-state index is 0.0673. The van der Waals surface area contributed by atoms with Gasteiger partial charge in [-0.1, -0.05) is 0 Å². The van der Waals surface area contributed by atoms with Crippen LogP contribution in [0.25, 0.3) is 0 Å². The Balaban J connectivity index is 2.00. The van der Waals surface area contributed by atoms with Crippen LogP contribution < -0.4 is 5.73 Å². The quantitative estimate of drug-likeness (QED) is 0.753. The normalized spacial score (nSPS) is 34.0. The standard InChI is InChI=1S/C13H24N2O2/c1-12(17)6-3-8-15(9-7-12)11(16)13(2,14)10-4-5-10/h10,17H,3-9,14H2,1-2H3. The number of nitrogens with two attached hydrogens (primary N) is 1. The molecule has 2 rings (SSSR count). The van der Waals surface area contributed by atoms with Crippen LogP contribution in [0.5, 0.6) is 0 Å². The molecule has 0 aromatic heterocycles. The van der Waals surface area contributed by atoms with Gasteiger partial charge in [0.15, 0.2) is 0 Å². The third kappa shape index (κ3) is 2.80. The lowest BCUT2D eigenvalue weighted by Gasteiger charge is -2.31. The molecular weight excluding hydrogens is 216 g/mol. The van der Waals surface area contributed by atoms with E-state index in [1.807, 2.05) is 18.7 Å². The van der Waals surface area contributed by atoms with Crippen molar-refractivity contribution in [3.63, 3.8) is 0 Å². The number of hydrogen-bond acceptors (Lipinski definition) is 3. The Morgan fingerprint density at radius 3 is 2.65 bits per heavy atom. The highest BCUT2D eigenvalue weighted by atomic mass is 16.3. The van der Waals surface area contributed by atoms with Gasteiger partial charge < -0.3 is 15.7 Å². The first-order valence-electron chi connectivity index (χ1n) is 6.63. The molecule has 2 unspecified atom stereocenters. The van der Waals surface area contributed by atoms with Crippen molar-refractivity contribution in [2.45, 2.75) is 57.1 Å². The van der Waals surface area contributed by atoms with Crippen LogP contribution in [-0.2, 0) is 4.79 Å². The lowest BCUT2D eigenvalue weighted by Crippen LogP contribution is -2.55. The van der Waals surface area contributed by atoms with E-state index in [0.29, 0.717) is 18.9 Å². The largest absolute Gasteiger partial charge is 0.390 e. The van der Waals surface area contributed by atoms with Gasteiger partial charge in [-0.2, -0.15) is 0 Å². The number of aliphatic hydroxyl groups is 1. The topological polar surface area (TPSA) is 66.6 Å². The van der Waals surface area contributed by atoms with Gasteiger partial charge in [-0.15, -0.1) is 0 Å². The molecule has 0 bridgehead atoms. The maximum absolute atomic E-state index is 12.4. The molecule has 1 aliphatic heterocycles. The number of rotatable bonds is 2. The van der Waals surface area contributed by atoms with E-state index in [1.54, 1.807) is 0 Å². The Hall–Kier alpha value is -0.610. The van der Waals surface area contributed by atoms with Crippen LogP contribution in [0, 0.1) is 5.92 Å². The van der Waals surface area contributed by atoms with Gasteiger partial charge in [0.25, 0.3) is 0 Å². The zero-order valence-corrected chi connectivity index (χ0v) is 10.9. The molecule has 0 spiro atoms. The van der Waals surface area contributed by atoms with E-state index >= 15 is 0 Å². The molecule has 4 heteroatoms. The van der Waals surface area contributed by atoms with Crippen molar-refractivity contribution < 1.29 is 9.90 Å². The minimum atomic E-state index is -0.698. The van der Waals surface area contributed by atoms with Crippen molar-refractivity contribution in [3.8, 4) is 0 Å². The minimum Gasteiger partial charge on any atom is -0.390 e. The number of nitrogens with zero attached hydrogens (tertiary/aromatic N) is 1. The Morgan fingerprint density at radius 2 is 2.06 bits per heavy atom. The zero-order valence-electron chi connectivity index (χ0n) is 10.9. The van der Waals surface area contributed by atoms with E-state index in [1.165, 1.54) is 0 Å². The number of likely N-dealkylation sites (tertiary alicyclic amines) is 1. The molecule has 2 atom stereocenters. The Kier molecular flexibility index (Phi) is 3.21. The van der Waals surface area contributed by atoms with Crippen LogP contribution in [0.15, 0.2) is 0 Å². The summed E-state index contributed by atoms with van der Waals surface area (Å²) >= 11 is 0. The molecule has 1 amide bonds. The van der Waals surface area contributed by atoms with Crippen molar-refractivity contribution in [1.29, 1.82) is 0 Å². The van der Waals surface area contributed by atoms with Crippen LogP contribution >= 0.6 is 0 Å². The molecule has 0 aromatic carbocycles. The zero-order chi connectivity index (χ0) is 12.7. The molecule has 0 aromatic rings. The van der Waals surface area contributed by atoms with Gasteiger partial charge in [-0.05, 0) is 51.9 Å². The summed E-state index contributed by atoms with van der Waals surface area (Å²) in [4.78, 5) is 14.2. The summed E-state index contributed by atoms with van der Waals surface area (Å²) in [7, 11) is 0. The maximum Gasteiger partial charge on any atom is 0.242 e. The Bertz CT molecular complexity index is 309. The molecule has 2 fully saturated rings. The Morgan fingerprint density at radius 1 is 1.41 bits per heavy atom. The molecule has 4 nitrogen and oxygen atoms in total. The maximum atomic E-state index is 12.4. The van der Waals surface area contributed by atoms with Gasteiger partial charge in [-0.3, -0.25) is 4.79 Å². The first kappa shape index (κ1) is 12.8. The van der Waals surface area contributed by atoms with Gasteiger partial charge in [-0.25, -0.2) is 0 Å². The van der Waals surface area contributed by atoms with Crippen molar-refractivity contribution in [1.82, 2.24) is 4.90 Å². The van der Waals surface area contributed by atoms with Crippen molar-refractivity contribution in [2.75, 3.05) is 13.1 Å². The number of amides is 1. The van der Waals surface area contributed by atoms with Gasteiger partial charge in [0.1, 0.15) is 0 Å². The third-order valence-electron chi connectivity index (χ3n) is 4.24.